The molecule has 2 bridgehead atoms. The number of amides is 1. The number of ketones is 1. The van der Waals surface area contributed by atoms with Crippen LogP contribution >= 0.6 is 11.6 Å². The van der Waals surface area contributed by atoms with E-state index >= 15 is 4.39 Å². The molecule has 9 heteroatoms. The van der Waals surface area contributed by atoms with Gasteiger partial charge in [0.1, 0.15) is 11.9 Å². The molecule has 11 unspecified atom stereocenters. The number of Topliss-reactive ketones (excluding diaryl/α,β-unsaturated/α-hetero) is 1. The Bertz CT molecular complexity index is 1660. The van der Waals surface area contributed by atoms with E-state index in [-0.39, 0.29) is 58.8 Å². The highest BCUT2D eigenvalue weighted by atomic mass is 35.5. The molecule has 2 N–H and O–H groups in total. The van der Waals surface area contributed by atoms with Crippen molar-refractivity contribution in [3.05, 3.63) is 58.4 Å². The minimum absolute atomic E-state index is 0.0976. The number of hydrogen-bond donors (Lipinski definition) is 2. The predicted octanol–water partition coefficient (Wildman–Crippen LogP) is 9.12. The molecule has 0 saturated heterocycles. The minimum atomic E-state index is -1.23. The first-order chi connectivity index (χ1) is 25.5. The molecule has 0 aliphatic heterocycles. The average molecular weight is 768 g/mol. The van der Waals surface area contributed by atoms with Crippen LogP contribution in [0.15, 0.2) is 42.0 Å². The molecule has 7 nitrogen and oxygen atoms in total. The Morgan fingerprint density at radius 3 is 2.48 bits per heavy atom. The smallest absolute Gasteiger partial charge is 0.410 e. The van der Waals surface area contributed by atoms with Crippen molar-refractivity contribution in [1.82, 2.24) is 4.90 Å². The van der Waals surface area contributed by atoms with Gasteiger partial charge in [0, 0.05) is 59.1 Å². The number of aliphatic hydroxyl groups is 2. The molecular weight excluding hydrogens is 705 g/mol. The van der Waals surface area contributed by atoms with E-state index in [1.165, 1.54) is 6.07 Å². The van der Waals surface area contributed by atoms with E-state index in [1.807, 2.05) is 0 Å². The molecule has 0 heterocycles. The van der Waals surface area contributed by atoms with Crippen LogP contribution in [0, 0.1) is 57.1 Å². The summed E-state index contributed by atoms with van der Waals surface area (Å²) in [6, 6.07) is 4.52. The third kappa shape index (κ3) is 6.23. The number of aliphatic hydroxyl groups excluding tert-OH is 1. The average Bonchev–Trinajstić information content (AvgIpc) is 3.39. The number of benzene rings is 1. The highest BCUT2D eigenvalue weighted by Crippen LogP contribution is 2.78. The Kier molecular flexibility index (Phi) is 10.8. The number of allylic oxidation sites excluding steroid dienone is 4. The van der Waals surface area contributed by atoms with Crippen molar-refractivity contribution in [3.8, 4) is 0 Å². The number of ether oxygens (including phenoxy) is 2. The normalized spacial score (nSPS) is 40.8. The Hall–Kier alpha value is -2.26. The number of carbonyl (C=O) groups excluding carboxylic acids is 2. The van der Waals surface area contributed by atoms with Crippen molar-refractivity contribution in [2.75, 3.05) is 26.8 Å². The van der Waals surface area contributed by atoms with Gasteiger partial charge in [-0.1, -0.05) is 76.9 Å². The van der Waals surface area contributed by atoms with Crippen LogP contribution in [-0.2, 0) is 20.7 Å². The highest BCUT2D eigenvalue weighted by molar-refractivity contribution is 6.31. The molecule has 1 amide bonds. The quantitative estimate of drug-likeness (QED) is 0.172. The Labute approximate surface area is 327 Å². The lowest BCUT2D eigenvalue weighted by Gasteiger charge is -2.71. The third-order valence-electron chi connectivity index (χ3n) is 16.1. The fourth-order valence-corrected chi connectivity index (χ4v) is 13.2. The number of methoxy groups -OCH3 is 1. The van der Waals surface area contributed by atoms with Gasteiger partial charge in [-0.2, -0.15) is 0 Å². The summed E-state index contributed by atoms with van der Waals surface area (Å²) in [5, 5.41) is 24.3. The predicted molar refractivity (Wildman–Crippen MR) is 208 cm³/mol. The first kappa shape index (κ1) is 40.0. The molecule has 1 aromatic carbocycles. The zero-order chi connectivity index (χ0) is 38.8. The number of halogens is 2. The van der Waals surface area contributed by atoms with Crippen molar-refractivity contribution >= 4 is 23.5 Å². The zero-order valence-electron chi connectivity index (χ0n) is 33.3. The van der Waals surface area contributed by atoms with Gasteiger partial charge in [-0.25, -0.2) is 9.18 Å². The maximum Gasteiger partial charge on any atom is 0.410 e. The summed E-state index contributed by atoms with van der Waals surface area (Å²) in [6.45, 7) is 12.2. The molecular formula is C45H63ClFNO6. The highest BCUT2D eigenvalue weighted by Gasteiger charge is 2.74. The fraction of sp³-hybridized carbons (Fsp3) is 0.733. The molecule has 7 aliphatic rings. The van der Waals surface area contributed by atoms with Crippen LogP contribution < -0.4 is 0 Å². The maximum atomic E-state index is 15.2. The van der Waals surface area contributed by atoms with Crippen molar-refractivity contribution in [2.45, 2.75) is 129 Å². The van der Waals surface area contributed by atoms with E-state index in [1.54, 1.807) is 24.1 Å². The standard InChI is InChI=1S/C45H63ClFNO6/c1-28(2)31-12-11-29(3)23-37(31)54-40(51)48(21-8-22-53-6)27-44(52)18-15-39-42(44,5)17-14-38-41(4)16-13-30(49)25-43(41)19-20-45(38,39)33(26-43)36(50)24-32-34(46)9-7-10-35(32)47/h7,9-10,19-20,26,28-31,37-39,49,52H,8,11-18,21-25,27H2,1-6H3. The maximum absolute atomic E-state index is 15.2. The molecule has 2 spiro atoms. The van der Waals surface area contributed by atoms with Crippen LogP contribution in [0.4, 0.5) is 9.18 Å². The van der Waals surface area contributed by atoms with E-state index in [9.17, 15) is 19.8 Å². The van der Waals surface area contributed by atoms with E-state index in [2.05, 4.69) is 52.8 Å². The third-order valence-corrected chi connectivity index (χ3v) is 16.5. The molecule has 0 radical (unpaired) electrons. The summed E-state index contributed by atoms with van der Waals surface area (Å²) < 4.78 is 27.0. The van der Waals surface area contributed by atoms with Gasteiger partial charge in [-0.15, -0.1) is 0 Å². The second-order valence-electron chi connectivity index (χ2n) is 19.1. The molecule has 7 aliphatic carbocycles. The van der Waals surface area contributed by atoms with Crippen LogP contribution in [0.2, 0.25) is 5.02 Å². The molecule has 298 valence electrons. The number of carbonyl (C=O) groups is 2. The second kappa shape index (κ2) is 14.6. The van der Waals surface area contributed by atoms with E-state index in [0.717, 1.165) is 38.5 Å². The fourth-order valence-electron chi connectivity index (χ4n) is 13.0. The summed E-state index contributed by atoms with van der Waals surface area (Å²) in [7, 11) is 1.66. The number of rotatable bonds is 11. The Balaban J connectivity index is 1.24. The van der Waals surface area contributed by atoms with Crippen molar-refractivity contribution < 1.29 is 33.7 Å². The SMILES string of the molecule is COCCCN(CC1(O)CCC2C34C=CC5(C=C3C(=O)Cc3c(F)cccc3Cl)CC(O)CCC5(C)C4CCC21C)C(=O)OC1CC(C)CCC1C(C)C. The van der Waals surface area contributed by atoms with Crippen molar-refractivity contribution in [3.63, 3.8) is 0 Å². The van der Waals surface area contributed by atoms with Crippen molar-refractivity contribution in [2.24, 2.45) is 51.2 Å². The van der Waals surface area contributed by atoms with Gasteiger partial charge >= 0.3 is 6.09 Å². The summed E-state index contributed by atoms with van der Waals surface area (Å²) in [6.07, 6.45) is 14.0. The van der Waals surface area contributed by atoms with E-state index in [0.29, 0.717) is 68.6 Å². The molecule has 54 heavy (non-hydrogen) atoms. The van der Waals surface area contributed by atoms with E-state index in [4.69, 9.17) is 21.1 Å². The van der Waals surface area contributed by atoms with Gasteiger partial charge < -0.3 is 24.6 Å². The monoisotopic (exact) mass is 767 g/mol. The minimum Gasteiger partial charge on any atom is -0.446 e. The number of nitrogens with zero attached hydrogens (tertiary/aromatic N) is 1. The lowest BCUT2D eigenvalue weighted by molar-refractivity contribution is -0.178. The van der Waals surface area contributed by atoms with Gasteiger partial charge in [0.15, 0.2) is 5.78 Å². The topological polar surface area (TPSA) is 96.3 Å². The molecule has 11 atom stereocenters. The van der Waals surface area contributed by atoms with Crippen LogP contribution in [0.1, 0.15) is 111 Å². The number of fused-ring (bicyclic) bond motifs is 1. The molecule has 8 rings (SSSR count). The summed E-state index contributed by atoms with van der Waals surface area (Å²) in [4.78, 5) is 30.8. The number of hydrogen-bond acceptors (Lipinski definition) is 6. The lowest BCUT2D eigenvalue weighted by atomic mass is 9.32. The molecule has 0 aromatic heterocycles. The van der Waals surface area contributed by atoms with Crippen LogP contribution in [-0.4, -0.2) is 71.6 Å². The summed E-state index contributed by atoms with van der Waals surface area (Å²) in [5.74, 6) is 0.550. The summed E-state index contributed by atoms with van der Waals surface area (Å²) >= 11 is 6.50. The van der Waals surface area contributed by atoms with Gasteiger partial charge in [-0.3, -0.25) is 4.79 Å². The Morgan fingerprint density at radius 2 is 1.76 bits per heavy atom. The van der Waals surface area contributed by atoms with Crippen LogP contribution in [0.5, 0.6) is 0 Å². The Morgan fingerprint density at radius 1 is 1.04 bits per heavy atom. The van der Waals surface area contributed by atoms with Gasteiger partial charge in [0.05, 0.1) is 18.2 Å². The largest absolute Gasteiger partial charge is 0.446 e. The van der Waals surface area contributed by atoms with Gasteiger partial charge in [0.2, 0.25) is 0 Å². The summed E-state index contributed by atoms with van der Waals surface area (Å²) in [5.41, 5.74) is -2.35. The molecule has 1 aromatic rings. The second-order valence-corrected chi connectivity index (χ2v) is 19.5. The molecule has 4 saturated carbocycles. The van der Waals surface area contributed by atoms with Gasteiger partial charge in [0.25, 0.3) is 0 Å². The first-order valence-electron chi connectivity index (χ1n) is 20.8. The van der Waals surface area contributed by atoms with Crippen LogP contribution in [0.25, 0.3) is 0 Å². The molecule has 4 fully saturated rings. The van der Waals surface area contributed by atoms with Gasteiger partial charge in [-0.05, 0) is 111 Å². The van der Waals surface area contributed by atoms with Crippen molar-refractivity contribution in [1.29, 1.82) is 0 Å². The zero-order valence-corrected chi connectivity index (χ0v) is 34.1. The van der Waals surface area contributed by atoms with Crippen LogP contribution in [0.3, 0.4) is 0 Å². The first-order valence-corrected chi connectivity index (χ1v) is 21.2. The van der Waals surface area contributed by atoms with E-state index < -0.39 is 33.8 Å². The lowest BCUT2D eigenvalue weighted by Crippen LogP contribution is -2.67.